The number of hydrogen-bond donors (Lipinski definition) is 1. The molecule has 3 aromatic rings. The highest BCUT2D eigenvalue weighted by Gasteiger charge is 2.12. The van der Waals surface area contributed by atoms with Crippen LogP contribution >= 0.6 is 9.03 Å². The van der Waals surface area contributed by atoms with Crippen LogP contribution in [0.5, 0.6) is 0 Å². The van der Waals surface area contributed by atoms with Crippen LogP contribution in [0.1, 0.15) is 33.5 Å². The van der Waals surface area contributed by atoms with Crippen molar-refractivity contribution in [2.24, 2.45) is 4.74 Å². The first kappa shape index (κ1) is 18.7. The first-order valence-corrected chi connectivity index (χ1v) is 9.02. The lowest BCUT2D eigenvalue weighted by atomic mass is 9.94. The van der Waals surface area contributed by atoms with Gasteiger partial charge in [-0.25, -0.2) is 14.7 Å². The lowest BCUT2D eigenvalue weighted by molar-refractivity contribution is 1.01. The Morgan fingerprint density at radius 2 is 1.85 bits per heavy atom. The highest BCUT2D eigenvalue weighted by molar-refractivity contribution is 7.04. The van der Waals surface area contributed by atoms with Crippen molar-refractivity contribution in [3.63, 3.8) is 0 Å². The van der Waals surface area contributed by atoms with Crippen molar-refractivity contribution in [2.75, 3.05) is 5.32 Å². The SMILES string of the molecule is Cc1cc(C)c(N=P)c(C)c1Cc1ccnc(Nc2ccc(C#N)cc2)n1. The highest BCUT2D eigenvalue weighted by Crippen LogP contribution is 2.31. The normalized spacial score (nSPS) is 10.3. The van der Waals surface area contributed by atoms with Crippen molar-refractivity contribution in [1.82, 2.24) is 9.97 Å². The number of rotatable bonds is 5. The summed E-state index contributed by atoms with van der Waals surface area (Å²) in [7, 11) is 3.28. The number of benzene rings is 2. The zero-order valence-electron chi connectivity index (χ0n) is 15.5. The predicted octanol–water partition coefficient (Wildman–Crippen LogP) is 5.57. The zero-order valence-corrected chi connectivity index (χ0v) is 16.5. The molecule has 3 rings (SSSR count). The second kappa shape index (κ2) is 8.07. The summed E-state index contributed by atoms with van der Waals surface area (Å²) in [6.45, 7) is 6.27. The van der Waals surface area contributed by atoms with E-state index in [4.69, 9.17) is 5.26 Å². The van der Waals surface area contributed by atoms with Gasteiger partial charge in [0.15, 0.2) is 0 Å². The van der Waals surface area contributed by atoms with E-state index in [0.29, 0.717) is 17.9 Å². The molecule has 1 N–H and O–H groups in total. The fourth-order valence-electron chi connectivity index (χ4n) is 3.15. The first-order valence-electron chi connectivity index (χ1n) is 8.58. The Kier molecular flexibility index (Phi) is 5.59. The van der Waals surface area contributed by atoms with Gasteiger partial charge in [0.2, 0.25) is 5.95 Å². The van der Waals surface area contributed by atoms with E-state index in [-0.39, 0.29) is 0 Å². The Bertz CT molecular complexity index is 1040. The third-order valence-corrected chi connectivity index (χ3v) is 4.77. The van der Waals surface area contributed by atoms with E-state index in [1.54, 1.807) is 18.3 Å². The minimum Gasteiger partial charge on any atom is -0.324 e. The van der Waals surface area contributed by atoms with E-state index in [9.17, 15) is 0 Å². The molecule has 5 nitrogen and oxygen atoms in total. The molecule has 2 aromatic carbocycles. The Morgan fingerprint density at radius 1 is 1.11 bits per heavy atom. The molecule has 0 spiro atoms. The lowest BCUT2D eigenvalue weighted by Crippen LogP contribution is -2.03. The van der Waals surface area contributed by atoms with Gasteiger partial charge in [0.25, 0.3) is 0 Å². The molecule has 0 aliphatic rings. The molecule has 27 heavy (non-hydrogen) atoms. The highest BCUT2D eigenvalue weighted by atomic mass is 31.0. The summed E-state index contributed by atoms with van der Waals surface area (Å²) < 4.78 is 4.24. The molecule has 0 unspecified atom stereocenters. The molecule has 6 heteroatoms. The summed E-state index contributed by atoms with van der Waals surface area (Å²) in [5.74, 6) is 0.532. The maximum Gasteiger partial charge on any atom is 0.227 e. The molecular formula is C21H20N5P. The topological polar surface area (TPSA) is 74.0 Å². The molecule has 0 fully saturated rings. The average molecular weight is 373 g/mol. The van der Waals surface area contributed by atoms with Crippen LogP contribution in [0, 0.1) is 32.1 Å². The Labute approximate surface area is 161 Å². The fraction of sp³-hybridized carbons (Fsp3) is 0.190. The smallest absolute Gasteiger partial charge is 0.227 e. The van der Waals surface area contributed by atoms with E-state index in [1.165, 1.54) is 11.1 Å². The van der Waals surface area contributed by atoms with Crippen molar-refractivity contribution >= 4 is 26.4 Å². The van der Waals surface area contributed by atoms with Crippen LogP contribution in [0.4, 0.5) is 17.3 Å². The quantitative estimate of drug-likeness (QED) is 0.594. The maximum atomic E-state index is 8.89. The zero-order chi connectivity index (χ0) is 19.4. The van der Waals surface area contributed by atoms with Crippen LogP contribution in [0.15, 0.2) is 47.3 Å². The van der Waals surface area contributed by atoms with Gasteiger partial charge in [-0.2, -0.15) is 5.26 Å². The number of nitrogens with one attached hydrogen (secondary N) is 1. The molecule has 0 atom stereocenters. The number of anilines is 2. The number of hydrogen-bond acceptors (Lipinski definition) is 5. The van der Waals surface area contributed by atoms with Crippen molar-refractivity contribution in [3.05, 3.63) is 76.1 Å². The molecular weight excluding hydrogens is 353 g/mol. The molecule has 0 aliphatic heterocycles. The molecule has 0 saturated heterocycles. The predicted molar refractivity (Wildman–Crippen MR) is 110 cm³/mol. The van der Waals surface area contributed by atoms with Crippen LogP contribution in [-0.2, 0) is 6.42 Å². The molecule has 0 bridgehead atoms. The van der Waals surface area contributed by atoms with Gasteiger partial charge >= 0.3 is 0 Å². The molecule has 134 valence electrons. The van der Waals surface area contributed by atoms with E-state index in [1.807, 2.05) is 18.2 Å². The van der Waals surface area contributed by atoms with Crippen LogP contribution < -0.4 is 5.32 Å². The average Bonchev–Trinajstić information content (AvgIpc) is 2.66. The Morgan fingerprint density at radius 3 is 2.52 bits per heavy atom. The monoisotopic (exact) mass is 373 g/mol. The van der Waals surface area contributed by atoms with Gasteiger partial charge in [-0.05, 0) is 82.4 Å². The second-order valence-corrected chi connectivity index (χ2v) is 6.66. The lowest BCUT2D eigenvalue weighted by Gasteiger charge is -2.14. The number of aryl methyl sites for hydroxylation is 2. The first-order chi connectivity index (χ1) is 13.0. The molecule has 0 saturated carbocycles. The number of nitriles is 1. The van der Waals surface area contributed by atoms with Gasteiger partial charge in [-0.3, -0.25) is 0 Å². The summed E-state index contributed by atoms with van der Waals surface area (Å²) in [6, 6.07) is 13.4. The van der Waals surface area contributed by atoms with Gasteiger partial charge in [0, 0.05) is 18.3 Å². The summed E-state index contributed by atoms with van der Waals surface area (Å²) in [6.07, 6.45) is 2.46. The minimum absolute atomic E-state index is 0.532. The van der Waals surface area contributed by atoms with Crippen LogP contribution in [0.3, 0.4) is 0 Å². The van der Waals surface area contributed by atoms with Gasteiger partial charge in [0.05, 0.1) is 23.0 Å². The third-order valence-electron chi connectivity index (χ3n) is 4.54. The van der Waals surface area contributed by atoms with Crippen molar-refractivity contribution < 1.29 is 0 Å². The summed E-state index contributed by atoms with van der Waals surface area (Å²) in [5.41, 5.74) is 8.11. The van der Waals surface area contributed by atoms with Gasteiger partial charge in [-0.15, -0.1) is 0 Å². The van der Waals surface area contributed by atoms with Crippen LogP contribution in [0.25, 0.3) is 0 Å². The van der Waals surface area contributed by atoms with Crippen molar-refractivity contribution in [3.8, 4) is 6.07 Å². The third kappa shape index (κ3) is 4.19. The van der Waals surface area contributed by atoms with Crippen LogP contribution in [0.2, 0.25) is 0 Å². The number of aromatic nitrogens is 2. The van der Waals surface area contributed by atoms with E-state index in [0.717, 1.165) is 28.2 Å². The molecule has 0 amide bonds. The maximum absolute atomic E-state index is 8.89. The standard InChI is InChI=1S/C21H20N5P/c1-13-10-14(2)20(26-27)15(3)19(13)11-18-8-9-23-21(25-18)24-17-6-4-16(12-22)5-7-17/h4-10,27H,11H2,1-3H3,(H,23,24,25). The molecule has 0 radical (unpaired) electrons. The van der Waals surface area contributed by atoms with Gasteiger partial charge in [-0.1, -0.05) is 6.07 Å². The summed E-state index contributed by atoms with van der Waals surface area (Å²) >= 11 is 0. The molecule has 1 aromatic heterocycles. The Balaban J connectivity index is 1.86. The van der Waals surface area contributed by atoms with Gasteiger partial charge in [0.1, 0.15) is 0 Å². The fourth-order valence-corrected chi connectivity index (χ4v) is 3.50. The van der Waals surface area contributed by atoms with Gasteiger partial charge < -0.3 is 5.32 Å². The van der Waals surface area contributed by atoms with Crippen LogP contribution in [-0.4, -0.2) is 9.97 Å². The molecule has 0 aliphatic carbocycles. The van der Waals surface area contributed by atoms with E-state index < -0.39 is 0 Å². The molecule has 1 heterocycles. The second-order valence-electron chi connectivity index (χ2n) is 6.44. The minimum atomic E-state index is 0.532. The van der Waals surface area contributed by atoms with Crippen molar-refractivity contribution in [2.45, 2.75) is 27.2 Å². The largest absolute Gasteiger partial charge is 0.324 e. The van der Waals surface area contributed by atoms with E-state index >= 15 is 0 Å². The summed E-state index contributed by atoms with van der Waals surface area (Å²) in [5, 5.41) is 12.1. The summed E-state index contributed by atoms with van der Waals surface area (Å²) in [4.78, 5) is 8.93. The Hall–Kier alpha value is -3.09. The number of nitrogens with zero attached hydrogens (tertiary/aromatic N) is 4. The van der Waals surface area contributed by atoms with Crippen molar-refractivity contribution in [1.29, 1.82) is 5.26 Å². The van der Waals surface area contributed by atoms with E-state index in [2.05, 4.69) is 62.0 Å².